The summed E-state index contributed by atoms with van der Waals surface area (Å²) in [6.07, 6.45) is -3.96. The maximum atomic E-state index is 11.9. The molecule has 0 amide bonds. The van der Waals surface area contributed by atoms with Crippen LogP contribution in [0.15, 0.2) is 0 Å². The monoisotopic (exact) mass is 202 g/mol. The van der Waals surface area contributed by atoms with Gasteiger partial charge in [0.2, 0.25) is 0 Å². The van der Waals surface area contributed by atoms with Crippen molar-refractivity contribution in [2.24, 2.45) is 0 Å². The van der Waals surface area contributed by atoms with Crippen LogP contribution in [0.3, 0.4) is 0 Å². The van der Waals surface area contributed by atoms with E-state index in [0.717, 1.165) is 10.1 Å². The van der Waals surface area contributed by atoms with Gasteiger partial charge in [-0.1, -0.05) is 5.79 Å². The zero-order valence-electron chi connectivity index (χ0n) is 5.31. The standard InChI is InChI=1S/C3H5F3S2.CH3.Al/c4-3(5,6)2(8)1-7;;/h2,7-8H,1H2;1H3;/q;;+2/p-2. The molecule has 0 spiro atoms. The summed E-state index contributed by atoms with van der Waals surface area (Å²) in [5, 5.41) is -1.07. The number of alkyl halides is 3. The van der Waals surface area contributed by atoms with Crippen LogP contribution < -0.4 is 0 Å². The molecule has 0 aromatic rings. The molecule has 0 aromatic carbocycles. The molecule has 0 aromatic heterocycles. The Bertz CT molecular complexity index is 126. The average molecular weight is 202 g/mol. The molecule has 1 heterocycles. The number of halogens is 3. The van der Waals surface area contributed by atoms with Gasteiger partial charge in [0.15, 0.2) is 0 Å². The third kappa shape index (κ3) is 2.26. The van der Waals surface area contributed by atoms with Crippen molar-refractivity contribution >= 4 is 32.1 Å². The third-order valence-electron chi connectivity index (χ3n) is 1.20. The molecule has 1 aliphatic heterocycles. The molecule has 0 saturated carbocycles. The van der Waals surface area contributed by atoms with Gasteiger partial charge in [0, 0.05) is 0 Å². The van der Waals surface area contributed by atoms with Gasteiger partial charge in [0.05, 0.1) is 5.25 Å². The molecule has 1 saturated heterocycles. The van der Waals surface area contributed by atoms with E-state index < -0.39 is 23.3 Å². The fraction of sp³-hybridized carbons (Fsp3) is 1.00. The second-order valence-corrected chi connectivity index (χ2v) is 11.7. The minimum atomic E-state index is -3.96. The Morgan fingerprint density at radius 3 is 2.30 bits per heavy atom. The fourth-order valence-corrected chi connectivity index (χ4v) is 9.81. The third-order valence-corrected chi connectivity index (χ3v) is 9.90. The summed E-state index contributed by atoms with van der Waals surface area (Å²) in [6.45, 7) is 0. The summed E-state index contributed by atoms with van der Waals surface area (Å²) in [6, 6.07) is 0. The Hall–Kier alpha value is 1.02. The summed E-state index contributed by atoms with van der Waals surface area (Å²) >= 11 is -1.09. The highest BCUT2D eigenvalue weighted by Gasteiger charge is 2.45. The zero-order valence-corrected chi connectivity index (χ0v) is 8.10. The van der Waals surface area contributed by atoms with Crippen LogP contribution in [-0.2, 0) is 0 Å². The molecule has 1 aliphatic rings. The van der Waals surface area contributed by atoms with E-state index >= 15 is 0 Å². The molecule has 0 bridgehead atoms. The quantitative estimate of drug-likeness (QED) is 0.553. The molecular weight excluding hydrogens is 196 g/mol. The van der Waals surface area contributed by atoms with Crippen molar-refractivity contribution in [2.45, 2.75) is 17.2 Å². The van der Waals surface area contributed by atoms with Gasteiger partial charge in [0.25, 0.3) is 0 Å². The Morgan fingerprint density at radius 1 is 1.50 bits per heavy atom. The Morgan fingerprint density at radius 2 is 2.10 bits per heavy atom. The van der Waals surface area contributed by atoms with E-state index in [1.807, 2.05) is 5.79 Å². The SMILES string of the molecule is [CH3][Al]1[S]CC(C(F)(F)F)[S]1. The van der Waals surface area contributed by atoms with Crippen molar-refractivity contribution in [3.05, 3.63) is 0 Å². The molecule has 0 nitrogen and oxygen atoms in total. The lowest BCUT2D eigenvalue weighted by Crippen LogP contribution is -2.25. The lowest BCUT2D eigenvalue weighted by Gasteiger charge is -2.12. The number of hydrogen-bond donors (Lipinski definition) is 0. The van der Waals surface area contributed by atoms with Crippen molar-refractivity contribution in [1.29, 1.82) is 0 Å². The number of hydrogen-bond acceptors (Lipinski definition) is 2. The minimum Gasteiger partial charge on any atom is -0.240 e. The molecular formula is C4H6AlF3S2. The molecule has 58 valence electrons. The summed E-state index contributed by atoms with van der Waals surface area (Å²) in [4.78, 5) is 0. The van der Waals surface area contributed by atoms with E-state index in [2.05, 4.69) is 0 Å². The van der Waals surface area contributed by atoms with Crippen molar-refractivity contribution in [3.8, 4) is 0 Å². The summed E-state index contributed by atoms with van der Waals surface area (Å²) in [5.41, 5.74) is 0. The number of rotatable bonds is 0. The normalized spacial score (nSPS) is 27.6. The van der Waals surface area contributed by atoms with Gasteiger partial charge in [-0.2, -0.15) is 13.2 Å². The van der Waals surface area contributed by atoms with Crippen LogP contribution in [0.1, 0.15) is 0 Å². The molecule has 1 fully saturated rings. The molecule has 1 atom stereocenters. The van der Waals surface area contributed by atoms with E-state index in [1.165, 1.54) is 10.1 Å². The van der Waals surface area contributed by atoms with Gasteiger partial charge in [0.1, 0.15) is 0 Å². The fourth-order valence-electron chi connectivity index (χ4n) is 0.704. The Kier molecular flexibility index (Phi) is 2.90. The predicted molar refractivity (Wildman–Crippen MR) is 41.5 cm³/mol. The lowest BCUT2D eigenvalue weighted by atomic mass is 10.5. The van der Waals surface area contributed by atoms with Gasteiger partial charge in [-0.05, 0) is 5.75 Å². The predicted octanol–water partition coefficient (Wildman–Crippen LogP) is 2.52. The highest BCUT2D eigenvalue weighted by molar-refractivity contribution is 8.56. The Labute approximate surface area is 68.4 Å². The minimum absolute atomic E-state index is 0.279. The first-order valence-corrected chi connectivity index (χ1v) is 8.81. The van der Waals surface area contributed by atoms with Gasteiger partial charge >= 0.3 is 18.1 Å². The van der Waals surface area contributed by atoms with Crippen molar-refractivity contribution in [3.63, 3.8) is 0 Å². The van der Waals surface area contributed by atoms with Gasteiger partial charge in [-0.15, -0.1) is 0 Å². The first kappa shape index (κ1) is 9.11. The van der Waals surface area contributed by atoms with Crippen molar-refractivity contribution in [2.75, 3.05) is 5.75 Å². The topological polar surface area (TPSA) is 0 Å². The van der Waals surface area contributed by atoms with E-state index in [9.17, 15) is 13.2 Å². The smallest absolute Gasteiger partial charge is 0.240 e. The molecule has 0 N–H and O–H groups in total. The summed E-state index contributed by atoms with van der Waals surface area (Å²) in [7, 11) is 2.66. The van der Waals surface area contributed by atoms with Gasteiger partial charge in [-0.25, -0.2) is 20.3 Å². The van der Waals surface area contributed by atoms with E-state index in [1.54, 1.807) is 0 Å². The second-order valence-electron chi connectivity index (χ2n) is 2.07. The molecule has 1 rings (SSSR count). The van der Waals surface area contributed by atoms with Gasteiger partial charge in [-0.3, -0.25) is 0 Å². The molecule has 1 unspecified atom stereocenters. The van der Waals surface area contributed by atoms with Crippen LogP contribution in [0.5, 0.6) is 0 Å². The highest BCUT2D eigenvalue weighted by atomic mass is 32.5. The average Bonchev–Trinajstić information content (AvgIpc) is 2.11. The van der Waals surface area contributed by atoms with E-state index in [-0.39, 0.29) is 5.75 Å². The molecule has 6 heteroatoms. The molecule has 0 radical (unpaired) electrons. The largest absolute Gasteiger partial charge is 0.427 e. The second kappa shape index (κ2) is 3.18. The van der Waals surface area contributed by atoms with Crippen molar-refractivity contribution in [1.82, 2.24) is 0 Å². The van der Waals surface area contributed by atoms with Crippen LogP contribution in [0.4, 0.5) is 13.2 Å². The van der Waals surface area contributed by atoms with Crippen LogP contribution >= 0.6 is 20.3 Å². The Balaban J connectivity index is 2.45. The molecule has 10 heavy (non-hydrogen) atoms. The van der Waals surface area contributed by atoms with Crippen LogP contribution in [0.2, 0.25) is 5.79 Å². The van der Waals surface area contributed by atoms with E-state index in [4.69, 9.17) is 0 Å². The van der Waals surface area contributed by atoms with Crippen LogP contribution in [0, 0.1) is 0 Å². The first-order valence-electron chi connectivity index (χ1n) is 2.84. The van der Waals surface area contributed by atoms with Crippen molar-refractivity contribution < 1.29 is 13.2 Å². The molecule has 0 aliphatic carbocycles. The highest BCUT2D eigenvalue weighted by Crippen LogP contribution is 2.42. The summed E-state index contributed by atoms with van der Waals surface area (Å²) < 4.78 is 35.8. The maximum absolute atomic E-state index is 11.9. The van der Waals surface area contributed by atoms with Crippen LogP contribution in [-0.4, -0.2) is 29.1 Å². The zero-order chi connectivity index (χ0) is 7.78. The maximum Gasteiger partial charge on any atom is 0.427 e. The first-order chi connectivity index (χ1) is 4.50. The van der Waals surface area contributed by atoms with Gasteiger partial charge < -0.3 is 0 Å². The van der Waals surface area contributed by atoms with Crippen LogP contribution in [0.25, 0.3) is 0 Å². The lowest BCUT2D eigenvalue weighted by molar-refractivity contribution is -0.123. The van der Waals surface area contributed by atoms with E-state index in [0.29, 0.717) is 0 Å². The summed E-state index contributed by atoms with van der Waals surface area (Å²) in [5.74, 6) is 2.22.